The van der Waals surface area contributed by atoms with E-state index >= 15 is 0 Å². The number of halogens is 3. The lowest BCUT2D eigenvalue weighted by Crippen LogP contribution is -2.11. The first-order valence-corrected chi connectivity index (χ1v) is 11.5. The highest BCUT2D eigenvalue weighted by Gasteiger charge is 2.17. The summed E-state index contributed by atoms with van der Waals surface area (Å²) in [6.07, 6.45) is 0. The summed E-state index contributed by atoms with van der Waals surface area (Å²) in [6, 6.07) is 18.8. The van der Waals surface area contributed by atoms with Gasteiger partial charge in [0, 0.05) is 17.2 Å². The molecular formula is C24H15BrCl2N2O6. The number of para-hydroxylation sites is 1. The van der Waals surface area contributed by atoms with Gasteiger partial charge in [-0.2, -0.15) is 0 Å². The van der Waals surface area contributed by atoms with Gasteiger partial charge in [0.05, 0.1) is 26.2 Å². The number of nitrogens with one attached hydrogen (secondary N) is 1. The van der Waals surface area contributed by atoms with Crippen molar-refractivity contribution in [3.8, 4) is 17.2 Å². The van der Waals surface area contributed by atoms with E-state index in [2.05, 4.69) is 21.2 Å². The van der Waals surface area contributed by atoms with E-state index in [0.29, 0.717) is 16.5 Å². The Morgan fingerprint density at radius 2 is 1.83 bits per heavy atom. The first kappa shape index (κ1) is 24.6. The van der Waals surface area contributed by atoms with Crippen LogP contribution in [0.3, 0.4) is 0 Å². The molecule has 0 aliphatic carbocycles. The van der Waals surface area contributed by atoms with Gasteiger partial charge >= 0.3 is 0 Å². The fraction of sp³-hybridized carbons (Fsp3) is 0.0417. The minimum absolute atomic E-state index is 0.00504. The molecule has 11 heteroatoms. The van der Waals surface area contributed by atoms with E-state index in [0.717, 1.165) is 4.47 Å². The van der Waals surface area contributed by atoms with E-state index in [-0.39, 0.29) is 40.3 Å². The third kappa shape index (κ3) is 6.33. The zero-order valence-electron chi connectivity index (χ0n) is 17.7. The number of carbonyl (C=O) groups is 1. The molecule has 4 aromatic rings. The van der Waals surface area contributed by atoms with E-state index in [9.17, 15) is 14.9 Å². The lowest BCUT2D eigenvalue weighted by Gasteiger charge is -2.10. The van der Waals surface area contributed by atoms with Crippen LogP contribution in [-0.2, 0) is 6.61 Å². The van der Waals surface area contributed by atoms with Crippen molar-refractivity contribution in [2.24, 2.45) is 0 Å². The molecule has 0 fully saturated rings. The predicted octanol–water partition coefficient (Wildman–Crippen LogP) is 7.88. The van der Waals surface area contributed by atoms with Crippen molar-refractivity contribution >= 4 is 56.4 Å². The molecule has 0 atom stereocenters. The molecule has 0 aliphatic heterocycles. The summed E-state index contributed by atoms with van der Waals surface area (Å²) in [7, 11) is 0. The summed E-state index contributed by atoms with van der Waals surface area (Å²) in [6.45, 7) is 0.104. The number of non-ortho nitro benzene ring substituents is 1. The number of nitro groups is 1. The molecule has 8 nitrogen and oxygen atoms in total. The Kier molecular flexibility index (Phi) is 7.60. The average Bonchev–Trinajstić information content (AvgIpc) is 3.29. The number of ether oxygens (including phenoxy) is 2. The summed E-state index contributed by atoms with van der Waals surface area (Å²) in [5, 5.41) is 14.6. The molecule has 3 aromatic carbocycles. The summed E-state index contributed by atoms with van der Waals surface area (Å²) < 4.78 is 17.7. The Morgan fingerprint density at radius 1 is 1.03 bits per heavy atom. The molecule has 1 amide bonds. The maximum absolute atomic E-state index is 12.7. The number of anilines is 1. The SMILES string of the molecule is O=C(Nc1cc(Oc2ccc(Cl)cc2Cl)cc([N+](=O)[O-])c1)c1ccc(COc2ccccc2Br)o1. The Hall–Kier alpha value is -3.53. The fourth-order valence-electron chi connectivity index (χ4n) is 2.99. The topological polar surface area (TPSA) is 104 Å². The van der Waals surface area contributed by atoms with Crippen LogP contribution in [0, 0.1) is 10.1 Å². The van der Waals surface area contributed by atoms with Crippen molar-refractivity contribution in [3.63, 3.8) is 0 Å². The van der Waals surface area contributed by atoms with Crippen molar-refractivity contribution in [1.82, 2.24) is 0 Å². The Morgan fingerprint density at radius 3 is 2.57 bits per heavy atom. The van der Waals surface area contributed by atoms with Crippen molar-refractivity contribution in [3.05, 3.63) is 109 Å². The summed E-state index contributed by atoms with van der Waals surface area (Å²) >= 11 is 15.4. The first-order valence-electron chi connectivity index (χ1n) is 9.98. The number of amides is 1. The predicted molar refractivity (Wildman–Crippen MR) is 135 cm³/mol. The zero-order chi connectivity index (χ0) is 24.9. The molecule has 1 aromatic heterocycles. The molecule has 1 N–H and O–H groups in total. The Balaban J connectivity index is 1.48. The van der Waals surface area contributed by atoms with Gasteiger partial charge < -0.3 is 19.2 Å². The van der Waals surface area contributed by atoms with E-state index in [1.165, 1.54) is 36.4 Å². The average molecular weight is 578 g/mol. The smallest absolute Gasteiger partial charge is 0.291 e. The van der Waals surface area contributed by atoms with Gasteiger partial charge in [0.25, 0.3) is 11.6 Å². The monoisotopic (exact) mass is 576 g/mol. The van der Waals surface area contributed by atoms with Crippen molar-refractivity contribution in [1.29, 1.82) is 0 Å². The third-order valence-corrected chi connectivity index (χ3v) is 5.76. The highest BCUT2D eigenvalue weighted by molar-refractivity contribution is 9.10. The fourth-order valence-corrected chi connectivity index (χ4v) is 3.83. The molecule has 0 bridgehead atoms. The van der Waals surface area contributed by atoms with Crippen LogP contribution in [0.25, 0.3) is 0 Å². The minimum atomic E-state index is -0.604. The molecule has 35 heavy (non-hydrogen) atoms. The molecule has 0 spiro atoms. The standard InChI is InChI=1S/C24H15BrCl2N2O6/c25-19-3-1-2-4-21(19)33-13-17-6-8-23(34-17)24(30)28-15-10-16(29(31)32)12-18(11-15)35-22-7-5-14(26)9-20(22)27/h1-12H,13H2,(H,28,30). The second-order valence-electron chi connectivity index (χ2n) is 7.09. The Labute approximate surface area is 217 Å². The minimum Gasteiger partial charge on any atom is -0.484 e. The third-order valence-electron chi connectivity index (χ3n) is 4.57. The van der Waals surface area contributed by atoms with Crippen LogP contribution in [0.4, 0.5) is 11.4 Å². The van der Waals surface area contributed by atoms with Crippen LogP contribution in [0.1, 0.15) is 16.3 Å². The molecule has 1 heterocycles. The number of rotatable bonds is 8. The van der Waals surface area contributed by atoms with Crippen LogP contribution in [0.2, 0.25) is 10.0 Å². The van der Waals surface area contributed by atoms with Gasteiger partial charge in [-0.15, -0.1) is 0 Å². The number of hydrogen-bond acceptors (Lipinski definition) is 6. The number of nitrogens with zero attached hydrogens (tertiary/aromatic N) is 1. The second-order valence-corrected chi connectivity index (χ2v) is 8.79. The molecule has 0 unspecified atom stereocenters. The van der Waals surface area contributed by atoms with Gasteiger partial charge in [0.15, 0.2) is 5.76 Å². The lowest BCUT2D eigenvalue weighted by molar-refractivity contribution is -0.384. The normalized spacial score (nSPS) is 10.6. The van der Waals surface area contributed by atoms with Crippen LogP contribution < -0.4 is 14.8 Å². The molecule has 4 rings (SSSR count). The van der Waals surface area contributed by atoms with Gasteiger partial charge in [-0.3, -0.25) is 14.9 Å². The van der Waals surface area contributed by atoms with Gasteiger partial charge in [-0.05, 0) is 58.4 Å². The maximum Gasteiger partial charge on any atom is 0.291 e. The van der Waals surface area contributed by atoms with Crippen molar-refractivity contribution in [2.45, 2.75) is 6.61 Å². The van der Waals surface area contributed by atoms with Crippen LogP contribution in [0.15, 0.2) is 81.7 Å². The van der Waals surface area contributed by atoms with E-state index in [1.54, 1.807) is 18.2 Å². The van der Waals surface area contributed by atoms with E-state index < -0.39 is 10.8 Å². The van der Waals surface area contributed by atoms with Gasteiger partial charge in [-0.1, -0.05) is 35.3 Å². The molecule has 0 radical (unpaired) electrons. The molecular weight excluding hydrogens is 563 g/mol. The number of hydrogen-bond donors (Lipinski definition) is 1. The maximum atomic E-state index is 12.7. The zero-order valence-corrected chi connectivity index (χ0v) is 20.8. The van der Waals surface area contributed by atoms with Crippen LogP contribution >= 0.6 is 39.1 Å². The highest BCUT2D eigenvalue weighted by Crippen LogP contribution is 2.35. The van der Waals surface area contributed by atoms with Gasteiger partial charge in [-0.25, -0.2) is 0 Å². The van der Waals surface area contributed by atoms with Crippen molar-refractivity contribution in [2.75, 3.05) is 5.32 Å². The van der Waals surface area contributed by atoms with Crippen molar-refractivity contribution < 1.29 is 23.6 Å². The molecule has 0 aliphatic rings. The van der Waals surface area contributed by atoms with E-state index in [4.69, 9.17) is 37.1 Å². The summed E-state index contributed by atoms with van der Waals surface area (Å²) in [4.78, 5) is 23.5. The number of carbonyl (C=O) groups excluding carboxylic acids is 1. The number of furan rings is 1. The second kappa shape index (κ2) is 10.8. The highest BCUT2D eigenvalue weighted by atomic mass is 79.9. The molecule has 178 valence electrons. The van der Waals surface area contributed by atoms with Gasteiger partial charge in [0.2, 0.25) is 0 Å². The summed E-state index contributed by atoms with van der Waals surface area (Å²) in [5.41, 5.74) is -0.156. The first-order chi connectivity index (χ1) is 16.8. The van der Waals surface area contributed by atoms with Crippen LogP contribution in [-0.4, -0.2) is 10.8 Å². The summed E-state index contributed by atoms with van der Waals surface area (Å²) in [5.74, 6) is 0.792. The van der Waals surface area contributed by atoms with Gasteiger partial charge in [0.1, 0.15) is 29.6 Å². The number of benzene rings is 3. The largest absolute Gasteiger partial charge is 0.484 e. The van der Waals surface area contributed by atoms with E-state index in [1.807, 2.05) is 18.2 Å². The quantitative estimate of drug-likeness (QED) is 0.169. The number of nitro benzene ring substituents is 1. The lowest BCUT2D eigenvalue weighted by atomic mass is 10.2. The Bertz CT molecular complexity index is 1410. The molecule has 0 saturated carbocycles. The molecule has 0 saturated heterocycles. The van der Waals surface area contributed by atoms with Crippen LogP contribution in [0.5, 0.6) is 17.2 Å².